The second kappa shape index (κ2) is 18.7. The Morgan fingerprint density at radius 2 is 1.47 bits per heavy atom. The third-order valence-electron chi connectivity index (χ3n) is 7.32. The summed E-state index contributed by atoms with van der Waals surface area (Å²) >= 11 is 12.2. The number of ether oxygens (including phenoxy) is 1. The van der Waals surface area contributed by atoms with Gasteiger partial charge in [0.25, 0.3) is 0 Å². The van der Waals surface area contributed by atoms with Crippen LogP contribution in [-0.4, -0.2) is 88.8 Å². The van der Waals surface area contributed by atoms with Crippen molar-refractivity contribution in [2.45, 2.75) is 71.8 Å². The van der Waals surface area contributed by atoms with E-state index in [9.17, 15) is 9.90 Å². The summed E-state index contributed by atoms with van der Waals surface area (Å²) in [5.74, 6) is 1.44. The third kappa shape index (κ3) is 11.6. The lowest BCUT2D eigenvalue weighted by atomic mass is 10.2. The van der Waals surface area contributed by atoms with Crippen molar-refractivity contribution in [3.8, 4) is 0 Å². The highest BCUT2D eigenvalue weighted by molar-refractivity contribution is 6.31. The molecule has 3 rings (SSSR count). The molecule has 2 aromatic heterocycles. The maximum absolute atomic E-state index is 10.5. The summed E-state index contributed by atoms with van der Waals surface area (Å²) in [4.78, 5) is 33.8. The van der Waals surface area contributed by atoms with Crippen molar-refractivity contribution in [3.05, 3.63) is 70.0 Å². The molecule has 0 fully saturated rings. The van der Waals surface area contributed by atoms with Gasteiger partial charge in [0.15, 0.2) is 16.6 Å². The van der Waals surface area contributed by atoms with Crippen LogP contribution in [0.5, 0.6) is 0 Å². The molecule has 3 aromatic rings. The molecule has 0 aliphatic heterocycles. The minimum Gasteiger partial charge on any atom is -0.389 e. The van der Waals surface area contributed by atoms with Gasteiger partial charge >= 0.3 is 0 Å². The molecule has 0 radical (unpaired) electrons. The van der Waals surface area contributed by atoms with Crippen LogP contribution in [0.4, 0.5) is 11.6 Å². The molecule has 0 aliphatic rings. The molecular weight excluding hydrogens is 589 g/mol. The van der Waals surface area contributed by atoms with E-state index in [0.29, 0.717) is 54.7 Å². The first-order valence-electron chi connectivity index (χ1n) is 14.4. The number of nitrogens with zero attached hydrogens (tertiary/aromatic N) is 7. The Morgan fingerprint density at radius 3 is 1.95 bits per heavy atom. The lowest BCUT2D eigenvalue weighted by Crippen LogP contribution is -2.34. The molecule has 43 heavy (non-hydrogen) atoms. The number of benzene rings is 1. The minimum atomic E-state index is -0.587. The molecule has 0 aliphatic carbocycles. The number of hydrogen-bond acceptors (Lipinski definition) is 10. The fourth-order valence-corrected chi connectivity index (χ4v) is 4.43. The number of carbonyl (C=O) groups excluding carboxylic acids is 1. The lowest BCUT2D eigenvalue weighted by molar-refractivity contribution is 0.0335. The Labute approximate surface area is 266 Å². The Balaban J connectivity index is 0.000000362. The molecule has 12 heteroatoms. The van der Waals surface area contributed by atoms with Crippen molar-refractivity contribution < 1.29 is 14.6 Å². The summed E-state index contributed by atoms with van der Waals surface area (Å²) in [6.45, 7) is 10.4. The zero-order valence-electron chi connectivity index (χ0n) is 26.2. The van der Waals surface area contributed by atoms with Crippen molar-refractivity contribution in [2.24, 2.45) is 0 Å². The van der Waals surface area contributed by atoms with Gasteiger partial charge < -0.3 is 19.6 Å². The summed E-state index contributed by atoms with van der Waals surface area (Å²) < 4.78 is 5.07. The van der Waals surface area contributed by atoms with Crippen molar-refractivity contribution >= 4 is 41.1 Å². The topological polar surface area (TPSA) is 108 Å². The van der Waals surface area contributed by atoms with Gasteiger partial charge in [0, 0.05) is 52.9 Å². The highest BCUT2D eigenvalue weighted by Crippen LogP contribution is 2.21. The number of aldehydes is 1. The molecule has 1 N–H and O–H groups in total. The smallest absolute Gasteiger partial charge is 0.171 e. The average Bonchev–Trinajstić information content (AvgIpc) is 3.01. The van der Waals surface area contributed by atoms with Gasteiger partial charge in [-0.3, -0.25) is 14.7 Å². The van der Waals surface area contributed by atoms with Gasteiger partial charge in [0.2, 0.25) is 0 Å². The summed E-state index contributed by atoms with van der Waals surface area (Å²) in [6.07, 6.45) is 5.35. The average molecular weight is 635 g/mol. The molecular formula is C31H45Cl2N7O3. The van der Waals surface area contributed by atoms with Crippen LogP contribution in [0.3, 0.4) is 0 Å². The normalized spacial score (nSPS) is 13.1. The molecule has 0 spiro atoms. The molecule has 10 nitrogen and oxygen atoms in total. The van der Waals surface area contributed by atoms with Gasteiger partial charge in [0.05, 0.1) is 30.8 Å². The van der Waals surface area contributed by atoms with Crippen molar-refractivity contribution in [3.63, 3.8) is 0 Å². The number of aromatic nitrogens is 4. The first kappa shape index (κ1) is 36.3. The lowest BCUT2D eigenvalue weighted by Gasteiger charge is -2.26. The van der Waals surface area contributed by atoms with Gasteiger partial charge in [-0.2, -0.15) is 0 Å². The van der Waals surface area contributed by atoms with E-state index in [4.69, 9.17) is 27.9 Å². The van der Waals surface area contributed by atoms with Gasteiger partial charge in [-0.25, -0.2) is 15.0 Å². The standard InChI is InChI=1S/C21H31ClN4O2.C10H14ClN3O/c1-5-16(2)25(3)20-11-23-19(21(22)24-20)14-26(13-18(27)15-28-4)12-17-9-7-6-8-10-17;1-4-7(2)14(3)9-5-12-8(6-15)10(11)13-9/h6-11,16,18,27H,5,12-15H2,1-4H3;5-7H,4H2,1-3H3/t16?,18-;/m1./s1. The number of aliphatic hydroxyl groups excluding tert-OH is 1. The van der Waals surface area contributed by atoms with E-state index in [1.807, 2.05) is 37.2 Å². The van der Waals surface area contributed by atoms with E-state index >= 15 is 0 Å². The van der Waals surface area contributed by atoms with E-state index in [1.54, 1.807) is 19.5 Å². The molecule has 1 aromatic carbocycles. The maximum atomic E-state index is 10.5. The van der Waals surface area contributed by atoms with Crippen molar-refractivity contribution in [1.82, 2.24) is 24.8 Å². The van der Waals surface area contributed by atoms with Gasteiger partial charge in [-0.15, -0.1) is 0 Å². The van der Waals surface area contributed by atoms with Crippen LogP contribution in [0.15, 0.2) is 42.7 Å². The molecule has 2 heterocycles. The number of hydrogen-bond donors (Lipinski definition) is 1. The fraction of sp³-hybridized carbons (Fsp3) is 0.516. The Bertz CT molecular complexity index is 1260. The fourth-order valence-electron chi connectivity index (χ4n) is 4.06. The van der Waals surface area contributed by atoms with Gasteiger partial charge in [-0.05, 0) is 32.3 Å². The third-order valence-corrected chi connectivity index (χ3v) is 7.90. The molecule has 0 bridgehead atoms. The van der Waals surface area contributed by atoms with Crippen molar-refractivity contribution in [2.75, 3.05) is 44.2 Å². The van der Waals surface area contributed by atoms with E-state index in [2.05, 4.69) is 69.6 Å². The van der Waals surface area contributed by atoms with Crippen molar-refractivity contribution in [1.29, 1.82) is 0 Å². The van der Waals surface area contributed by atoms with E-state index in [0.717, 1.165) is 24.2 Å². The number of methoxy groups -OCH3 is 1. The highest BCUT2D eigenvalue weighted by atomic mass is 35.5. The second-order valence-electron chi connectivity index (χ2n) is 10.5. The molecule has 2 unspecified atom stereocenters. The second-order valence-corrected chi connectivity index (χ2v) is 11.2. The first-order chi connectivity index (χ1) is 20.5. The first-order valence-corrected chi connectivity index (χ1v) is 15.2. The van der Waals surface area contributed by atoms with E-state index < -0.39 is 6.10 Å². The zero-order chi connectivity index (χ0) is 31.9. The van der Waals surface area contributed by atoms with Crippen LogP contribution in [-0.2, 0) is 17.8 Å². The molecule has 0 amide bonds. The Hall–Kier alpha value is -2.89. The van der Waals surface area contributed by atoms with Gasteiger partial charge in [0.1, 0.15) is 17.3 Å². The predicted molar refractivity (Wildman–Crippen MR) is 174 cm³/mol. The largest absolute Gasteiger partial charge is 0.389 e. The van der Waals surface area contributed by atoms with Crippen LogP contribution in [0.1, 0.15) is 62.3 Å². The molecule has 3 atom stereocenters. The number of carbonyl (C=O) groups is 1. The quantitative estimate of drug-likeness (QED) is 0.214. The molecule has 0 saturated heterocycles. The monoisotopic (exact) mass is 633 g/mol. The number of halogens is 2. The molecule has 0 saturated carbocycles. The minimum absolute atomic E-state index is 0.151. The summed E-state index contributed by atoms with van der Waals surface area (Å²) in [5.41, 5.74) is 2.03. The summed E-state index contributed by atoms with van der Waals surface area (Å²) in [7, 11) is 5.51. The summed E-state index contributed by atoms with van der Waals surface area (Å²) in [6, 6.07) is 10.8. The summed E-state index contributed by atoms with van der Waals surface area (Å²) in [5, 5.41) is 10.8. The number of aliphatic hydroxyl groups is 1. The van der Waals surface area contributed by atoms with E-state index in [-0.39, 0.29) is 17.5 Å². The Morgan fingerprint density at radius 1 is 0.907 bits per heavy atom. The van der Waals surface area contributed by atoms with Crippen LogP contribution in [0.25, 0.3) is 0 Å². The highest BCUT2D eigenvalue weighted by Gasteiger charge is 2.18. The zero-order valence-corrected chi connectivity index (χ0v) is 27.8. The van der Waals surface area contributed by atoms with Crippen LogP contribution in [0, 0.1) is 0 Å². The van der Waals surface area contributed by atoms with Gasteiger partial charge in [-0.1, -0.05) is 67.4 Å². The number of rotatable bonds is 15. The molecule has 236 valence electrons. The van der Waals surface area contributed by atoms with Crippen LogP contribution >= 0.6 is 23.2 Å². The number of anilines is 2. The van der Waals surface area contributed by atoms with Crippen LogP contribution in [0.2, 0.25) is 10.3 Å². The van der Waals surface area contributed by atoms with Crippen LogP contribution < -0.4 is 9.80 Å². The SMILES string of the molecule is CCC(C)N(C)c1cnc(C=O)c(Cl)n1.CCC(C)N(C)c1cnc(CN(Cc2ccccc2)C[C@@H](O)COC)c(Cl)n1. The Kier molecular flexibility index (Phi) is 15.8. The van der Waals surface area contributed by atoms with E-state index in [1.165, 1.54) is 0 Å². The predicted octanol–water partition coefficient (Wildman–Crippen LogP) is 5.55. The maximum Gasteiger partial charge on any atom is 0.171 e.